The van der Waals surface area contributed by atoms with Gasteiger partial charge in [-0.1, -0.05) is 15.9 Å². The zero-order valence-electron chi connectivity index (χ0n) is 9.77. The van der Waals surface area contributed by atoms with E-state index >= 15 is 0 Å². The van der Waals surface area contributed by atoms with Gasteiger partial charge in [-0.2, -0.15) is 11.3 Å². The summed E-state index contributed by atoms with van der Waals surface area (Å²) in [6.45, 7) is 3.36. The van der Waals surface area contributed by atoms with Gasteiger partial charge in [-0.25, -0.2) is 0 Å². The van der Waals surface area contributed by atoms with Gasteiger partial charge in [-0.3, -0.25) is 4.79 Å². The summed E-state index contributed by atoms with van der Waals surface area (Å²) in [5.41, 5.74) is 1.11. The molecule has 17 heavy (non-hydrogen) atoms. The standard InChI is InChI=1S/C12H16BrNO2S/c1-9-7-16-11(5-13)6-14(9)12(15)4-10-2-3-17-8-10/h2-3,8-9,11H,4-7H2,1H3. The van der Waals surface area contributed by atoms with Crippen molar-refractivity contribution in [2.24, 2.45) is 0 Å². The first-order valence-electron chi connectivity index (χ1n) is 5.69. The zero-order valence-corrected chi connectivity index (χ0v) is 12.2. The lowest BCUT2D eigenvalue weighted by Crippen LogP contribution is -2.51. The fourth-order valence-electron chi connectivity index (χ4n) is 1.93. The van der Waals surface area contributed by atoms with Crippen molar-refractivity contribution >= 4 is 33.2 Å². The van der Waals surface area contributed by atoms with Gasteiger partial charge in [0, 0.05) is 11.9 Å². The van der Waals surface area contributed by atoms with Crippen LogP contribution in [0.1, 0.15) is 12.5 Å². The first kappa shape index (κ1) is 13.1. The molecule has 1 amide bonds. The van der Waals surface area contributed by atoms with Gasteiger partial charge >= 0.3 is 0 Å². The summed E-state index contributed by atoms with van der Waals surface area (Å²) in [6, 6.07) is 2.19. The highest BCUT2D eigenvalue weighted by Gasteiger charge is 2.28. The number of rotatable bonds is 3. The second kappa shape index (κ2) is 5.98. The third-order valence-corrected chi connectivity index (χ3v) is 4.39. The Bertz CT molecular complexity index is 369. The van der Waals surface area contributed by atoms with E-state index in [1.54, 1.807) is 11.3 Å². The fraction of sp³-hybridized carbons (Fsp3) is 0.583. The molecule has 1 aliphatic rings. The predicted molar refractivity (Wildman–Crippen MR) is 72.7 cm³/mol. The fourth-order valence-corrected chi connectivity index (χ4v) is 2.99. The second-order valence-corrected chi connectivity index (χ2v) is 5.74. The molecule has 1 fully saturated rings. The maximum absolute atomic E-state index is 12.2. The van der Waals surface area contributed by atoms with Gasteiger partial charge in [-0.05, 0) is 29.3 Å². The molecule has 0 spiro atoms. The molecule has 2 heterocycles. The first-order valence-corrected chi connectivity index (χ1v) is 7.75. The summed E-state index contributed by atoms with van der Waals surface area (Å²) in [5.74, 6) is 0.199. The lowest BCUT2D eigenvalue weighted by molar-refractivity contribution is -0.142. The van der Waals surface area contributed by atoms with Gasteiger partial charge in [0.1, 0.15) is 0 Å². The smallest absolute Gasteiger partial charge is 0.227 e. The summed E-state index contributed by atoms with van der Waals surface area (Å²) < 4.78 is 5.62. The van der Waals surface area contributed by atoms with Crippen LogP contribution in [0, 0.1) is 0 Å². The molecular formula is C12H16BrNO2S. The Balaban J connectivity index is 1.97. The molecule has 1 aromatic rings. The maximum atomic E-state index is 12.2. The number of amides is 1. The number of thiophene rings is 1. The van der Waals surface area contributed by atoms with Crippen LogP contribution >= 0.6 is 27.3 Å². The molecule has 0 radical (unpaired) electrons. The average molecular weight is 318 g/mol. The molecule has 2 rings (SSSR count). The largest absolute Gasteiger partial charge is 0.373 e. The minimum absolute atomic E-state index is 0.123. The van der Waals surface area contributed by atoms with Crippen LogP contribution in [-0.2, 0) is 16.0 Å². The predicted octanol–water partition coefficient (Wildman–Crippen LogP) is 2.30. The van der Waals surface area contributed by atoms with Crippen LogP contribution in [0.2, 0.25) is 0 Å². The minimum Gasteiger partial charge on any atom is -0.373 e. The van der Waals surface area contributed by atoms with Crippen molar-refractivity contribution in [2.75, 3.05) is 18.5 Å². The number of halogens is 1. The lowest BCUT2D eigenvalue weighted by atomic mass is 10.1. The van der Waals surface area contributed by atoms with Crippen molar-refractivity contribution in [3.05, 3.63) is 22.4 Å². The van der Waals surface area contributed by atoms with E-state index in [1.165, 1.54) is 0 Å². The van der Waals surface area contributed by atoms with E-state index in [0.29, 0.717) is 19.6 Å². The highest BCUT2D eigenvalue weighted by atomic mass is 79.9. The lowest BCUT2D eigenvalue weighted by Gasteiger charge is -2.37. The molecule has 2 unspecified atom stereocenters. The van der Waals surface area contributed by atoms with E-state index in [2.05, 4.69) is 15.9 Å². The van der Waals surface area contributed by atoms with E-state index in [4.69, 9.17) is 4.74 Å². The molecule has 3 nitrogen and oxygen atoms in total. The summed E-state index contributed by atoms with van der Waals surface area (Å²) in [7, 11) is 0. The van der Waals surface area contributed by atoms with Crippen LogP contribution in [0.4, 0.5) is 0 Å². The van der Waals surface area contributed by atoms with Gasteiger partial charge in [-0.15, -0.1) is 0 Å². The van der Waals surface area contributed by atoms with Crippen molar-refractivity contribution < 1.29 is 9.53 Å². The molecule has 2 atom stereocenters. The Labute approximate surface area is 114 Å². The Morgan fingerprint density at radius 1 is 1.71 bits per heavy atom. The monoisotopic (exact) mass is 317 g/mol. The zero-order chi connectivity index (χ0) is 12.3. The van der Waals surface area contributed by atoms with E-state index in [9.17, 15) is 4.79 Å². The summed E-state index contributed by atoms with van der Waals surface area (Å²) in [5, 5.41) is 4.82. The Morgan fingerprint density at radius 2 is 2.53 bits per heavy atom. The Hall–Kier alpha value is -0.390. The van der Waals surface area contributed by atoms with Crippen molar-refractivity contribution in [2.45, 2.75) is 25.5 Å². The molecule has 1 aliphatic heterocycles. The van der Waals surface area contributed by atoms with Crippen LogP contribution < -0.4 is 0 Å². The van der Waals surface area contributed by atoms with Crippen LogP contribution in [-0.4, -0.2) is 41.4 Å². The van der Waals surface area contributed by atoms with Crippen LogP contribution in [0.3, 0.4) is 0 Å². The summed E-state index contributed by atoms with van der Waals surface area (Å²) in [4.78, 5) is 14.1. The van der Waals surface area contributed by atoms with Gasteiger partial charge in [0.25, 0.3) is 0 Å². The van der Waals surface area contributed by atoms with Crippen molar-refractivity contribution in [1.82, 2.24) is 4.90 Å². The van der Waals surface area contributed by atoms with Gasteiger partial charge < -0.3 is 9.64 Å². The summed E-state index contributed by atoms with van der Waals surface area (Å²) in [6.07, 6.45) is 0.626. The Kier molecular flexibility index (Phi) is 4.59. The van der Waals surface area contributed by atoms with Crippen LogP contribution in [0.15, 0.2) is 16.8 Å². The molecule has 94 valence electrons. The van der Waals surface area contributed by atoms with E-state index < -0.39 is 0 Å². The second-order valence-electron chi connectivity index (χ2n) is 4.31. The number of hydrogen-bond donors (Lipinski definition) is 0. The number of hydrogen-bond acceptors (Lipinski definition) is 3. The molecule has 0 aromatic carbocycles. The topological polar surface area (TPSA) is 29.5 Å². The molecule has 0 N–H and O–H groups in total. The van der Waals surface area contributed by atoms with Crippen molar-refractivity contribution in [1.29, 1.82) is 0 Å². The molecule has 0 saturated carbocycles. The number of carbonyl (C=O) groups excluding carboxylic acids is 1. The molecular weight excluding hydrogens is 302 g/mol. The first-order chi connectivity index (χ1) is 8.20. The number of nitrogens with zero attached hydrogens (tertiary/aromatic N) is 1. The summed E-state index contributed by atoms with van der Waals surface area (Å²) >= 11 is 5.04. The van der Waals surface area contributed by atoms with Crippen molar-refractivity contribution in [3.8, 4) is 0 Å². The van der Waals surface area contributed by atoms with Crippen molar-refractivity contribution in [3.63, 3.8) is 0 Å². The normalized spacial score (nSPS) is 24.9. The third kappa shape index (κ3) is 3.30. The van der Waals surface area contributed by atoms with Crippen LogP contribution in [0.5, 0.6) is 0 Å². The molecule has 5 heteroatoms. The Morgan fingerprint density at radius 3 is 3.18 bits per heavy atom. The van der Waals surface area contributed by atoms with Gasteiger partial charge in [0.2, 0.25) is 5.91 Å². The quantitative estimate of drug-likeness (QED) is 0.801. The SMILES string of the molecule is CC1COC(CBr)CN1C(=O)Cc1ccsc1. The van der Waals surface area contributed by atoms with Gasteiger partial charge in [0.05, 0.1) is 25.2 Å². The van der Waals surface area contributed by atoms with Gasteiger partial charge in [0.15, 0.2) is 0 Å². The van der Waals surface area contributed by atoms with E-state index in [1.807, 2.05) is 28.7 Å². The maximum Gasteiger partial charge on any atom is 0.227 e. The van der Waals surface area contributed by atoms with Crippen LogP contribution in [0.25, 0.3) is 0 Å². The molecule has 0 bridgehead atoms. The molecule has 0 aliphatic carbocycles. The highest BCUT2D eigenvalue weighted by Crippen LogP contribution is 2.16. The number of carbonyl (C=O) groups is 1. The highest BCUT2D eigenvalue weighted by molar-refractivity contribution is 9.09. The molecule has 1 aromatic heterocycles. The molecule has 1 saturated heterocycles. The average Bonchev–Trinajstić information content (AvgIpc) is 2.82. The minimum atomic E-state index is 0.123. The number of alkyl halides is 1. The number of ether oxygens (including phenoxy) is 1. The third-order valence-electron chi connectivity index (χ3n) is 2.93. The van der Waals surface area contributed by atoms with E-state index in [0.717, 1.165) is 10.9 Å². The van der Waals surface area contributed by atoms with E-state index in [-0.39, 0.29) is 18.1 Å². The number of morpholine rings is 1.